The quantitative estimate of drug-likeness (QED) is 0.869. The number of likely N-dealkylation sites (N-methyl/N-ethyl adjacent to an activating group) is 1. The van der Waals surface area contributed by atoms with Crippen LogP contribution in [0.25, 0.3) is 0 Å². The number of amides is 2. The minimum atomic E-state index is -0.0882. The van der Waals surface area contributed by atoms with Crippen LogP contribution in [0.2, 0.25) is 0 Å². The van der Waals surface area contributed by atoms with Gasteiger partial charge in [0.2, 0.25) is 0 Å². The van der Waals surface area contributed by atoms with Crippen molar-refractivity contribution in [3.05, 3.63) is 35.4 Å². The fourth-order valence-corrected chi connectivity index (χ4v) is 2.01. The number of hydrogen-bond donors (Lipinski definition) is 1. The number of nitrogens with two attached hydrogens (primary N) is 1. The molecule has 0 bridgehead atoms. The van der Waals surface area contributed by atoms with E-state index in [4.69, 9.17) is 5.73 Å². The molecule has 2 amide bonds. The number of carbonyl (C=O) groups is 2. The Balaban J connectivity index is 0.00000441. The molecular weight excluding hydrogens is 302 g/mol. The van der Waals surface area contributed by atoms with Gasteiger partial charge in [0, 0.05) is 43.9 Å². The minimum Gasteiger partial charge on any atom is -0.339 e. The summed E-state index contributed by atoms with van der Waals surface area (Å²) in [6.07, 6.45) is 0. The van der Waals surface area contributed by atoms with Crippen molar-refractivity contribution in [2.75, 3.05) is 26.7 Å². The number of halogens is 1. The second kappa shape index (κ2) is 9.43. The number of nitrogens with zero attached hydrogens (tertiary/aromatic N) is 2. The highest BCUT2D eigenvalue weighted by Gasteiger charge is 2.17. The van der Waals surface area contributed by atoms with Crippen molar-refractivity contribution in [2.24, 2.45) is 5.73 Å². The van der Waals surface area contributed by atoms with Gasteiger partial charge in [0.25, 0.3) is 11.8 Å². The molecule has 0 aliphatic heterocycles. The summed E-state index contributed by atoms with van der Waals surface area (Å²) in [6, 6.07) is 6.77. The number of benzene rings is 1. The van der Waals surface area contributed by atoms with Crippen molar-refractivity contribution in [3.63, 3.8) is 0 Å². The first-order chi connectivity index (χ1) is 9.96. The Kier molecular flexibility index (Phi) is 8.75. The largest absolute Gasteiger partial charge is 0.339 e. The third-order valence-corrected chi connectivity index (χ3v) is 3.75. The summed E-state index contributed by atoms with van der Waals surface area (Å²) >= 11 is 0. The maximum Gasteiger partial charge on any atom is 0.253 e. The van der Waals surface area contributed by atoms with Crippen molar-refractivity contribution >= 4 is 24.2 Å². The average Bonchev–Trinajstić information content (AvgIpc) is 2.53. The molecular formula is C16H26ClN3O2. The molecule has 1 rings (SSSR count). The van der Waals surface area contributed by atoms with Crippen LogP contribution >= 0.6 is 12.4 Å². The lowest BCUT2D eigenvalue weighted by Crippen LogP contribution is -2.39. The van der Waals surface area contributed by atoms with E-state index in [1.54, 1.807) is 41.1 Å². The first kappa shape index (κ1) is 20.4. The summed E-state index contributed by atoms with van der Waals surface area (Å²) in [7, 11) is 1.73. The fourth-order valence-electron chi connectivity index (χ4n) is 2.01. The highest BCUT2D eigenvalue weighted by molar-refractivity contribution is 5.97. The SMILES string of the molecule is CCN(CC)C(=O)c1ccc(C(=O)N(C)C(C)CN)cc1.Cl. The summed E-state index contributed by atoms with van der Waals surface area (Å²) in [5.41, 5.74) is 6.74. The van der Waals surface area contributed by atoms with E-state index >= 15 is 0 Å². The molecule has 1 aromatic rings. The van der Waals surface area contributed by atoms with Gasteiger partial charge in [-0.25, -0.2) is 0 Å². The molecule has 0 aromatic heterocycles. The lowest BCUT2D eigenvalue weighted by molar-refractivity contribution is 0.0743. The highest BCUT2D eigenvalue weighted by Crippen LogP contribution is 2.11. The van der Waals surface area contributed by atoms with Crippen LogP contribution in [0.3, 0.4) is 0 Å². The number of carbonyl (C=O) groups excluding carboxylic acids is 2. The standard InChI is InChI=1S/C16H25N3O2.ClH/c1-5-19(6-2)16(21)14-9-7-13(8-10-14)15(20)18(4)12(3)11-17;/h7-10,12H,5-6,11,17H2,1-4H3;1H. The summed E-state index contributed by atoms with van der Waals surface area (Å²) in [4.78, 5) is 27.8. The molecule has 0 radical (unpaired) electrons. The van der Waals surface area contributed by atoms with Gasteiger partial charge in [-0.2, -0.15) is 0 Å². The Morgan fingerprint density at radius 2 is 1.45 bits per heavy atom. The first-order valence-corrected chi connectivity index (χ1v) is 7.32. The van der Waals surface area contributed by atoms with E-state index in [9.17, 15) is 9.59 Å². The van der Waals surface area contributed by atoms with Crippen LogP contribution in [0.4, 0.5) is 0 Å². The molecule has 1 unspecified atom stereocenters. The number of hydrogen-bond acceptors (Lipinski definition) is 3. The first-order valence-electron chi connectivity index (χ1n) is 7.32. The molecule has 2 N–H and O–H groups in total. The van der Waals surface area contributed by atoms with Crippen LogP contribution < -0.4 is 5.73 Å². The predicted octanol–water partition coefficient (Wildman–Crippen LogP) is 2.01. The Labute approximate surface area is 138 Å². The average molecular weight is 328 g/mol. The maximum absolute atomic E-state index is 12.2. The van der Waals surface area contributed by atoms with Crippen LogP contribution in [0.1, 0.15) is 41.5 Å². The van der Waals surface area contributed by atoms with Gasteiger partial charge < -0.3 is 15.5 Å². The van der Waals surface area contributed by atoms with E-state index in [0.29, 0.717) is 30.8 Å². The van der Waals surface area contributed by atoms with Gasteiger partial charge in [0.1, 0.15) is 0 Å². The molecule has 6 heteroatoms. The van der Waals surface area contributed by atoms with E-state index in [-0.39, 0.29) is 30.3 Å². The highest BCUT2D eigenvalue weighted by atomic mass is 35.5. The van der Waals surface area contributed by atoms with Crippen LogP contribution in [0.15, 0.2) is 24.3 Å². The van der Waals surface area contributed by atoms with Crippen molar-refractivity contribution in [3.8, 4) is 0 Å². The van der Waals surface area contributed by atoms with Crippen molar-refractivity contribution in [2.45, 2.75) is 26.8 Å². The van der Waals surface area contributed by atoms with Gasteiger partial charge in [0.15, 0.2) is 0 Å². The third-order valence-electron chi connectivity index (χ3n) is 3.75. The van der Waals surface area contributed by atoms with Gasteiger partial charge in [0.05, 0.1) is 0 Å². The number of rotatable bonds is 6. The maximum atomic E-state index is 12.2. The van der Waals surface area contributed by atoms with Gasteiger partial charge in [-0.3, -0.25) is 9.59 Å². The second-order valence-corrected chi connectivity index (χ2v) is 5.06. The molecule has 0 aliphatic carbocycles. The Morgan fingerprint density at radius 3 is 1.82 bits per heavy atom. The molecule has 0 spiro atoms. The smallest absolute Gasteiger partial charge is 0.253 e. The van der Waals surface area contributed by atoms with E-state index in [2.05, 4.69) is 0 Å². The molecule has 124 valence electrons. The normalized spacial score (nSPS) is 11.3. The minimum absolute atomic E-state index is 0. The molecule has 0 aliphatic rings. The van der Waals surface area contributed by atoms with Crippen LogP contribution in [-0.2, 0) is 0 Å². The molecule has 0 saturated carbocycles. The van der Waals surface area contributed by atoms with Gasteiger partial charge in [-0.05, 0) is 45.0 Å². The van der Waals surface area contributed by atoms with Gasteiger partial charge in [-0.15, -0.1) is 12.4 Å². The Bertz CT molecular complexity index is 487. The predicted molar refractivity (Wildman–Crippen MR) is 91.6 cm³/mol. The molecule has 0 heterocycles. The fraction of sp³-hybridized carbons (Fsp3) is 0.500. The monoisotopic (exact) mass is 327 g/mol. The summed E-state index contributed by atoms with van der Waals surface area (Å²) in [6.45, 7) is 7.56. The van der Waals surface area contributed by atoms with Crippen molar-refractivity contribution < 1.29 is 9.59 Å². The summed E-state index contributed by atoms with van der Waals surface area (Å²) < 4.78 is 0. The van der Waals surface area contributed by atoms with Crippen LogP contribution in [-0.4, -0.2) is 54.3 Å². The third kappa shape index (κ3) is 4.71. The zero-order valence-electron chi connectivity index (χ0n) is 13.7. The van der Waals surface area contributed by atoms with E-state index in [1.807, 2.05) is 20.8 Å². The van der Waals surface area contributed by atoms with Gasteiger partial charge in [-0.1, -0.05) is 0 Å². The lowest BCUT2D eigenvalue weighted by Gasteiger charge is -2.24. The Morgan fingerprint density at radius 1 is 1.05 bits per heavy atom. The van der Waals surface area contributed by atoms with E-state index in [0.717, 1.165) is 0 Å². The molecule has 1 aromatic carbocycles. The lowest BCUT2D eigenvalue weighted by atomic mass is 10.1. The molecule has 5 nitrogen and oxygen atoms in total. The van der Waals surface area contributed by atoms with Gasteiger partial charge >= 0.3 is 0 Å². The van der Waals surface area contributed by atoms with Crippen LogP contribution in [0.5, 0.6) is 0 Å². The molecule has 0 saturated heterocycles. The Hall–Kier alpha value is -1.59. The zero-order valence-corrected chi connectivity index (χ0v) is 14.5. The van der Waals surface area contributed by atoms with Crippen LogP contribution in [0, 0.1) is 0 Å². The van der Waals surface area contributed by atoms with E-state index in [1.165, 1.54) is 0 Å². The summed E-state index contributed by atoms with van der Waals surface area (Å²) in [5, 5.41) is 0. The zero-order chi connectivity index (χ0) is 16.0. The molecule has 0 fully saturated rings. The second-order valence-electron chi connectivity index (χ2n) is 5.06. The topological polar surface area (TPSA) is 66.6 Å². The van der Waals surface area contributed by atoms with E-state index < -0.39 is 0 Å². The van der Waals surface area contributed by atoms with Crippen molar-refractivity contribution in [1.82, 2.24) is 9.80 Å². The molecule has 22 heavy (non-hydrogen) atoms. The molecule has 1 atom stereocenters. The van der Waals surface area contributed by atoms with Crippen molar-refractivity contribution in [1.29, 1.82) is 0 Å². The summed E-state index contributed by atoms with van der Waals surface area (Å²) in [5.74, 6) is -0.0996.